The fourth-order valence-electron chi connectivity index (χ4n) is 2.41. The van der Waals surface area contributed by atoms with Crippen LogP contribution in [0.2, 0.25) is 0 Å². The third-order valence-corrected chi connectivity index (χ3v) is 3.52. The standard InChI is InChI=1S/C17H16N6O2/c1-11-7-12(2)9-14(8-11)17(25)20-19-16(24)13-3-5-15(6-4-13)23-10-18-21-22-23/h3-10H,1-2H3,(H,19,24)(H,20,25). The smallest absolute Gasteiger partial charge is 0.267 e. The molecule has 0 atom stereocenters. The molecule has 2 amide bonds. The Kier molecular flexibility index (Phi) is 4.51. The van der Waals surface area contributed by atoms with Crippen molar-refractivity contribution in [2.45, 2.75) is 13.8 Å². The van der Waals surface area contributed by atoms with Crippen molar-refractivity contribution >= 4 is 11.8 Å². The van der Waals surface area contributed by atoms with E-state index in [9.17, 15) is 9.59 Å². The second-order valence-electron chi connectivity index (χ2n) is 5.59. The van der Waals surface area contributed by atoms with Gasteiger partial charge in [-0.3, -0.25) is 20.4 Å². The molecule has 0 saturated carbocycles. The van der Waals surface area contributed by atoms with Gasteiger partial charge in [0, 0.05) is 11.1 Å². The Labute approximate surface area is 143 Å². The van der Waals surface area contributed by atoms with Crippen LogP contribution in [0, 0.1) is 13.8 Å². The largest absolute Gasteiger partial charge is 0.269 e. The van der Waals surface area contributed by atoms with Gasteiger partial charge in [0.05, 0.1) is 5.69 Å². The van der Waals surface area contributed by atoms with Crippen molar-refractivity contribution < 1.29 is 9.59 Å². The predicted molar refractivity (Wildman–Crippen MR) is 90.0 cm³/mol. The number of amides is 2. The maximum absolute atomic E-state index is 12.1. The van der Waals surface area contributed by atoms with Crippen molar-refractivity contribution in [1.29, 1.82) is 0 Å². The van der Waals surface area contributed by atoms with Gasteiger partial charge in [0.15, 0.2) is 0 Å². The van der Waals surface area contributed by atoms with Gasteiger partial charge in [-0.1, -0.05) is 17.2 Å². The summed E-state index contributed by atoms with van der Waals surface area (Å²) in [6.07, 6.45) is 1.46. The molecule has 0 unspecified atom stereocenters. The number of hydrazine groups is 1. The summed E-state index contributed by atoms with van der Waals surface area (Å²) in [4.78, 5) is 24.3. The Morgan fingerprint density at radius 2 is 1.48 bits per heavy atom. The van der Waals surface area contributed by atoms with Crippen molar-refractivity contribution in [3.8, 4) is 5.69 Å². The highest BCUT2D eigenvalue weighted by Gasteiger charge is 2.10. The number of aryl methyl sites for hydroxylation is 2. The third-order valence-electron chi connectivity index (χ3n) is 3.52. The predicted octanol–water partition coefficient (Wildman–Crippen LogP) is 1.35. The number of carbonyl (C=O) groups excluding carboxylic acids is 2. The molecule has 3 rings (SSSR count). The maximum Gasteiger partial charge on any atom is 0.269 e. The third kappa shape index (κ3) is 3.86. The van der Waals surface area contributed by atoms with E-state index in [-0.39, 0.29) is 5.91 Å². The van der Waals surface area contributed by atoms with Crippen LogP contribution < -0.4 is 10.9 Å². The summed E-state index contributed by atoms with van der Waals surface area (Å²) in [6.45, 7) is 3.82. The number of nitrogens with one attached hydrogen (secondary N) is 2. The summed E-state index contributed by atoms with van der Waals surface area (Å²) >= 11 is 0. The van der Waals surface area contributed by atoms with E-state index in [1.54, 1.807) is 36.4 Å². The molecule has 2 aromatic carbocycles. The zero-order chi connectivity index (χ0) is 17.8. The molecule has 8 heteroatoms. The van der Waals surface area contributed by atoms with E-state index in [0.717, 1.165) is 16.8 Å². The quantitative estimate of drug-likeness (QED) is 0.703. The van der Waals surface area contributed by atoms with E-state index >= 15 is 0 Å². The first kappa shape index (κ1) is 16.3. The average Bonchev–Trinajstić information content (AvgIpc) is 3.13. The number of nitrogens with zero attached hydrogens (tertiary/aromatic N) is 4. The molecule has 1 aromatic heterocycles. The highest BCUT2D eigenvalue weighted by molar-refractivity contribution is 5.99. The molecule has 0 aliphatic carbocycles. The van der Waals surface area contributed by atoms with Gasteiger partial charge in [-0.15, -0.1) is 5.10 Å². The molecule has 25 heavy (non-hydrogen) atoms. The van der Waals surface area contributed by atoms with Gasteiger partial charge in [0.25, 0.3) is 11.8 Å². The van der Waals surface area contributed by atoms with E-state index in [4.69, 9.17) is 0 Å². The Balaban J connectivity index is 1.63. The Bertz CT molecular complexity index is 883. The second-order valence-corrected chi connectivity index (χ2v) is 5.59. The molecule has 0 radical (unpaired) electrons. The van der Waals surface area contributed by atoms with Gasteiger partial charge in [-0.05, 0) is 60.7 Å². The van der Waals surface area contributed by atoms with Crippen molar-refractivity contribution in [3.63, 3.8) is 0 Å². The molecule has 8 nitrogen and oxygen atoms in total. The summed E-state index contributed by atoms with van der Waals surface area (Å²) < 4.78 is 1.48. The van der Waals surface area contributed by atoms with Crippen LogP contribution >= 0.6 is 0 Å². The summed E-state index contributed by atoms with van der Waals surface area (Å²) in [5.74, 6) is -0.786. The van der Waals surface area contributed by atoms with Crippen molar-refractivity contribution in [2.24, 2.45) is 0 Å². The van der Waals surface area contributed by atoms with Gasteiger partial charge in [-0.25, -0.2) is 4.68 Å². The number of aromatic nitrogens is 4. The average molecular weight is 336 g/mol. The molecule has 126 valence electrons. The zero-order valence-electron chi connectivity index (χ0n) is 13.7. The molecule has 1 heterocycles. The number of hydrogen-bond donors (Lipinski definition) is 2. The molecule has 0 spiro atoms. The number of carbonyl (C=O) groups is 2. The van der Waals surface area contributed by atoms with Crippen LogP contribution in [0.1, 0.15) is 31.8 Å². The maximum atomic E-state index is 12.1. The van der Waals surface area contributed by atoms with Gasteiger partial charge >= 0.3 is 0 Å². The van der Waals surface area contributed by atoms with Crippen LogP contribution in [0.25, 0.3) is 5.69 Å². The Hall–Kier alpha value is -3.55. The summed E-state index contributed by atoms with van der Waals surface area (Å²) in [7, 11) is 0. The minimum atomic E-state index is -0.416. The van der Waals surface area contributed by atoms with Gasteiger partial charge in [0.2, 0.25) is 0 Å². The fraction of sp³-hybridized carbons (Fsp3) is 0.118. The van der Waals surface area contributed by atoms with E-state index in [1.807, 2.05) is 19.9 Å². The van der Waals surface area contributed by atoms with Gasteiger partial charge in [-0.2, -0.15) is 0 Å². The molecule has 0 bridgehead atoms. The molecule has 3 aromatic rings. The minimum Gasteiger partial charge on any atom is -0.267 e. The van der Waals surface area contributed by atoms with Crippen molar-refractivity contribution in [2.75, 3.05) is 0 Å². The van der Waals surface area contributed by atoms with Crippen LogP contribution in [0.4, 0.5) is 0 Å². The van der Waals surface area contributed by atoms with Crippen molar-refractivity contribution in [1.82, 2.24) is 31.1 Å². The van der Waals surface area contributed by atoms with Crippen LogP contribution in [0.3, 0.4) is 0 Å². The summed E-state index contributed by atoms with van der Waals surface area (Å²) in [5, 5.41) is 10.9. The number of hydrogen-bond acceptors (Lipinski definition) is 5. The van der Waals surface area contributed by atoms with E-state index in [0.29, 0.717) is 11.1 Å². The lowest BCUT2D eigenvalue weighted by atomic mass is 10.1. The molecular weight excluding hydrogens is 320 g/mol. The van der Waals surface area contributed by atoms with E-state index in [2.05, 4.69) is 26.4 Å². The van der Waals surface area contributed by atoms with Gasteiger partial charge in [0.1, 0.15) is 6.33 Å². The van der Waals surface area contributed by atoms with Crippen LogP contribution in [0.15, 0.2) is 48.8 Å². The SMILES string of the molecule is Cc1cc(C)cc(C(=O)NNC(=O)c2ccc(-n3cnnn3)cc2)c1. The topological polar surface area (TPSA) is 102 Å². The zero-order valence-corrected chi connectivity index (χ0v) is 13.7. The number of benzene rings is 2. The normalized spacial score (nSPS) is 10.3. The molecule has 0 fully saturated rings. The van der Waals surface area contributed by atoms with Crippen LogP contribution in [0.5, 0.6) is 0 Å². The fourth-order valence-corrected chi connectivity index (χ4v) is 2.41. The molecule has 2 N–H and O–H groups in total. The lowest BCUT2D eigenvalue weighted by molar-refractivity contribution is 0.0846. The molecule has 0 aliphatic heterocycles. The van der Waals surface area contributed by atoms with Crippen LogP contribution in [-0.2, 0) is 0 Å². The molecule has 0 aliphatic rings. The van der Waals surface area contributed by atoms with E-state index in [1.165, 1.54) is 11.0 Å². The number of tetrazole rings is 1. The summed E-state index contributed by atoms with van der Waals surface area (Å²) in [5.41, 5.74) is 8.40. The highest BCUT2D eigenvalue weighted by atomic mass is 16.2. The van der Waals surface area contributed by atoms with Gasteiger partial charge < -0.3 is 0 Å². The van der Waals surface area contributed by atoms with Crippen LogP contribution in [-0.4, -0.2) is 32.0 Å². The number of rotatable bonds is 3. The monoisotopic (exact) mass is 336 g/mol. The van der Waals surface area contributed by atoms with E-state index < -0.39 is 5.91 Å². The lowest BCUT2D eigenvalue weighted by Gasteiger charge is -2.09. The second kappa shape index (κ2) is 6.91. The highest BCUT2D eigenvalue weighted by Crippen LogP contribution is 2.09. The molecular formula is C17H16N6O2. The summed E-state index contributed by atoms with van der Waals surface area (Å²) in [6, 6.07) is 12.1. The Morgan fingerprint density at radius 3 is 2.04 bits per heavy atom. The first-order valence-corrected chi connectivity index (χ1v) is 7.55. The molecule has 0 saturated heterocycles. The first-order chi connectivity index (χ1) is 12.0. The minimum absolute atomic E-state index is 0.370. The first-order valence-electron chi connectivity index (χ1n) is 7.55. The Morgan fingerprint density at radius 1 is 0.880 bits per heavy atom. The van der Waals surface area contributed by atoms with Crippen molar-refractivity contribution in [3.05, 3.63) is 71.0 Å². The lowest BCUT2D eigenvalue weighted by Crippen LogP contribution is -2.41.